The van der Waals surface area contributed by atoms with Gasteiger partial charge in [0.25, 0.3) is 0 Å². The Kier molecular flexibility index (Phi) is 9.66. The highest BCUT2D eigenvalue weighted by Gasteiger charge is 2.25. The Labute approximate surface area is 113 Å². The SMILES string of the molecule is C=CC(C(C=S)CNC)C(CC)CC(C)CC. The molecule has 1 N–H and O–H groups in total. The number of hydrogen-bond acceptors (Lipinski definition) is 2. The number of allylic oxidation sites excluding steroid dienone is 1. The summed E-state index contributed by atoms with van der Waals surface area (Å²) >= 11 is 5.18. The molecule has 0 spiro atoms. The van der Waals surface area contributed by atoms with Crippen LogP contribution in [0.3, 0.4) is 0 Å². The maximum Gasteiger partial charge on any atom is 0.00621 e. The van der Waals surface area contributed by atoms with Gasteiger partial charge in [-0.1, -0.05) is 51.9 Å². The van der Waals surface area contributed by atoms with Crippen LogP contribution in [0.4, 0.5) is 0 Å². The molecule has 2 heteroatoms. The van der Waals surface area contributed by atoms with Crippen LogP contribution in [0.1, 0.15) is 40.0 Å². The summed E-state index contributed by atoms with van der Waals surface area (Å²) in [5, 5.41) is 5.15. The molecule has 0 aromatic carbocycles. The molecule has 0 amide bonds. The third kappa shape index (κ3) is 5.78. The lowest BCUT2D eigenvalue weighted by molar-refractivity contribution is 0.267. The first-order valence-electron chi connectivity index (χ1n) is 6.86. The second kappa shape index (κ2) is 9.78. The summed E-state index contributed by atoms with van der Waals surface area (Å²) in [5.74, 6) is 2.45. The molecule has 0 heterocycles. The van der Waals surface area contributed by atoms with E-state index < -0.39 is 0 Å². The Bertz CT molecular complexity index is 215. The van der Waals surface area contributed by atoms with Gasteiger partial charge in [0.1, 0.15) is 0 Å². The fourth-order valence-corrected chi connectivity index (χ4v) is 2.78. The highest BCUT2D eigenvalue weighted by Crippen LogP contribution is 2.30. The summed E-state index contributed by atoms with van der Waals surface area (Å²) in [7, 11) is 1.99. The zero-order chi connectivity index (χ0) is 13.3. The van der Waals surface area contributed by atoms with Gasteiger partial charge in [0.05, 0.1) is 0 Å². The van der Waals surface area contributed by atoms with E-state index in [1.807, 2.05) is 12.4 Å². The molecule has 4 unspecified atom stereocenters. The maximum absolute atomic E-state index is 5.18. The van der Waals surface area contributed by atoms with Crippen LogP contribution in [-0.4, -0.2) is 19.0 Å². The van der Waals surface area contributed by atoms with E-state index in [1.54, 1.807) is 0 Å². The van der Waals surface area contributed by atoms with Gasteiger partial charge >= 0.3 is 0 Å². The minimum absolute atomic E-state index is 0.432. The molecule has 0 saturated heterocycles. The molecule has 0 radical (unpaired) electrons. The van der Waals surface area contributed by atoms with Gasteiger partial charge in [0.2, 0.25) is 0 Å². The summed E-state index contributed by atoms with van der Waals surface area (Å²) in [6.45, 7) is 11.9. The third-order valence-corrected chi connectivity index (χ3v) is 4.20. The fraction of sp³-hybridized carbons (Fsp3) is 0.800. The first-order valence-corrected chi connectivity index (χ1v) is 7.34. The van der Waals surface area contributed by atoms with Crippen LogP contribution in [0.5, 0.6) is 0 Å². The van der Waals surface area contributed by atoms with Gasteiger partial charge in [-0.15, -0.1) is 6.58 Å². The largest absolute Gasteiger partial charge is 0.319 e. The van der Waals surface area contributed by atoms with E-state index in [0.717, 1.165) is 12.5 Å². The summed E-state index contributed by atoms with van der Waals surface area (Å²) in [5.41, 5.74) is 0. The second-order valence-corrected chi connectivity index (χ2v) is 5.36. The predicted octanol–water partition coefficient (Wildman–Crippen LogP) is 4.09. The third-order valence-electron chi connectivity index (χ3n) is 3.85. The van der Waals surface area contributed by atoms with Crippen molar-refractivity contribution in [3.05, 3.63) is 12.7 Å². The summed E-state index contributed by atoms with van der Waals surface area (Å²) in [6, 6.07) is 0. The van der Waals surface area contributed by atoms with Crippen molar-refractivity contribution < 1.29 is 0 Å². The molecular weight excluding hydrogens is 226 g/mol. The molecule has 0 aliphatic carbocycles. The molecular formula is C15H29NS. The average molecular weight is 255 g/mol. The first-order chi connectivity index (χ1) is 8.14. The van der Waals surface area contributed by atoms with Crippen LogP contribution in [0.2, 0.25) is 0 Å². The molecule has 100 valence electrons. The maximum atomic E-state index is 5.18. The molecule has 0 fully saturated rings. The van der Waals surface area contributed by atoms with E-state index in [2.05, 4.69) is 38.7 Å². The van der Waals surface area contributed by atoms with E-state index in [-0.39, 0.29) is 0 Å². The van der Waals surface area contributed by atoms with Crippen molar-refractivity contribution in [2.45, 2.75) is 40.0 Å². The topological polar surface area (TPSA) is 12.0 Å². The molecule has 0 aromatic heterocycles. The Hall–Kier alpha value is -0.210. The van der Waals surface area contributed by atoms with Crippen molar-refractivity contribution in [1.82, 2.24) is 5.32 Å². The van der Waals surface area contributed by atoms with E-state index in [0.29, 0.717) is 17.8 Å². The van der Waals surface area contributed by atoms with Crippen LogP contribution in [0.25, 0.3) is 0 Å². The quantitative estimate of drug-likeness (QED) is 0.466. The van der Waals surface area contributed by atoms with Crippen molar-refractivity contribution in [2.75, 3.05) is 13.6 Å². The Balaban J connectivity index is 4.65. The molecule has 4 atom stereocenters. The molecule has 0 rings (SSSR count). The first kappa shape index (κ1) is 16.8. The molecule has 17 heavy (non-hydrogen) atoms. The van der Waals surface area contributed by atoms with E-state index in [1.165, 1.54) is 19.3 Å². The van der Waals surface area contributed by atoms with Crippen LogP contribution < -0.4 is 5.32 Å². The zero-order valence-electron chi connectivity index (χ0n) is 11.9. The lowest BCUT2D eigenvalue weighted by Crippen LogP contribution is -2.31. The highest BCUT2D eigenvalue weighted by molar-refractivity contribution is 7.79. The summed E-state index contributed by atoms with van der Waals surface area (Å²) < 4.78 is 0. The fourth-order valence-electron chi connectivity index (χ4n) is 2.51. The lowest BCUT2D eigenvalue weighted by atomic mass is 9.76. The summed E-state index contributed by atoms with van der Waals surface area (Å²) in [4.78, 5) is 0. The Morgan fingerprint density at radius 3 is 2.29 bits per heavy atom. The van der Waals surface area contributed by atoms with Crippen molar-refractivity contribution in [3.63, 3.8) is 0 Å². The van der Waals surface area contributed by atoms with Crippen molar-refractivity contribution in [1.29, 1.82) is 0 Å². The summed E-state index contributed by atoms with van der Waals surface area (Å²) in [6.07, 6.45) is 5.87. The van der Waals surface area contributed by atoms with Crippen molar-refractivity contribution >= 4 is 17.6 Å². The Morgan fingerprint density at radius 2 is 1.94 bits per heavy atom. The van der Waals surface area contributed by atoms with Crippen LogP contribution in [0, 0.1) is 23.7 Å². The minimum Gasteiger partial charge on any atom is -0.319 e. The van der Waals surface area contributed by atoms with E-state index in [9.17, 15) is 0 Å². The number of thiocarbonyl (C=S) groups is 1. The van der Waals surface area contributed by atoms with Crippen molar-refractivity contribution in [3.8, 4) is 0 Å². The average Bonchev–Trinajstić information content (AvgIpc) is 2.36. The standard InChI is InChI=1S/C15H29NS/c1-6-12(4)9-13(7-2)15(8-3)14(11-17)10-16-5/h8,11-16H,3,6-7,9-10H2,1-2,4-5H3. The van der Waals surface area contributed by atoms with Crippen LogP contribution in [0.15, 0.2) is 12.7 Å². The van der Waals surface area contributed by atoms with Gasteiger partial charge in [-0.2, -0.15) is 0 Å². The molecule has 0 aliphatic heterocycles. The van der Waals surface area contributed by atoms with Gasteiger partial charge in [-0.3, -0.25) is 0 Å². The van der Waals surface area contributed by atoms with Crippen LogP contribution in [-0.2, 0) is 0 Å². The lowest BCUT2D eigenvalue weighted by Gasteiger charge is -2.30. The Morgan fingerprint density at radius 1 is 1.29 bits per heavy atom. The number of rotatable bonds is 10. The van der Waals surface area contributed by atoms with Gasteiger partial charge in [0.15, 0.2) is 0 Å². The second-order valence-electron chi connectivity index (χ2n) is 5.09. The molecule has 0 aliphatic rings. The van der Waals surface area contributed by atoms with Gasteiger partial charge in [0, 0.05) is 12.5 Å². The van der Waals surface area contributed by atoms with Gasteiger partial charge < -0.3 is 5.32 Å². The number of nitrogens with one attached hydrogen (secondary N) is 1. The number of hydrogen-bond donors (Lipinski definition) is 1. The van der Waals surface area contributed by atoms with E-state index in [4.69, 9.17) is 12.2 Å². The highest BCUT2D eigenvalue weighted by atomic mass is 32.1. The monoisotopic (exact) mass is 255 g/mol. The molecule has 0 saturated carbocycles. The zero-order valence-corrected chi connectivity index (χ0v) is 12.7. The molecule has 0 aromatic rings. The molecule has 1 nitrogen and oxygen atoms in total. The van der Waals surface area contributed by atoms with Crippen molar-refractivity contribution in [2.24, 2.45) is 23.7 Å². The van der Waals surface area contributed by atoms with E-state index >= 15 is 0 Å². The minimum atomic E-state index is 0.432. The normalized spacial score (nSPS) is 18.1. The van der Waals surface area contributed by atoms with Gasteiger partial charge in [-0.25, -0.2) is 0 Å². The predicted molar refractivity (Wildman–Crippen MR) is 82.6 cm³/mol. The molecule has 0 bridgehead atoms. The smallest absolute Gasteiger partial charge is 0.00621 e. The van der Waals surface area contributed by atoms with Crippen LogP contribution >= 0.6 is 12.2 Å². The van der Waals surface area contributed by atoms with Gasteiger partial charge in [-0.05, 0) is 36.6 Å².